The zero-order valence-corrected chi connectivity index (χ0v) is 18.4. The Labute approximate surface area is 183 Å². The monoisotopic (exact) mass is 438 g/mol. The Kier molecular flexibility index (Phi) is 5.89. The minimum absolute atomic E-state index is 0.130. The lowest BCUT2D eigenvalue weighted by atomic mass is 9.74. The van der Waals surface area contributed by atoms with E-state index in [0.29, 0.717) is 0 Å². The van der Waals surface area contributed by atoms with E-state index in [2.05, 4.69) is 11.8 Å². The summed E-state index contributed by atoms with van der Waals surface area (Å²) in [6.45, 7) is 3.91. The van der Waals surface area contributed by atoms with Crippen LogP contribution in [0.15, 0.2) is 59.5 Å². The molecule has 0 aliphatic carbocycles. The maximum Gasteiger partial charge on any atom is 0.243 e. The van der Waals surface area contributed by atoms with Gasteiger partial charge < -0.3 is 10.0 Å². The van der Waals surface area contributed by atoms with Crippen molar-refractivity contribution in [2.45, 2.75) is 36.7 Å². The summed E-state index contributed by atoms with van der Waals surface area (Å²) in [5.74, 6) is 6.14. The number of fused-ring (bicyclic) bond motifs is 1. The molecule has 2 aromatic carbocycles. The second-order valence-electron chi connectivity index (χ2n) is 8.30. The number of aliphatic hydroxyl groups excluding tert-OH is 1. The largest absolute Gasteiger partial charge is 0.394 e. The van der Waals surface area contributed by atoms with E-state index < -0.39 is 10.0 Å². The quantitative estimate of drug-likeness (QED) is 0.742. The van der Waals surface area contributed by atoms with E-state index in [1.54, 1.807) is 23.1 Å². The van der Waals surface area contributed by atoms with Crippen molar-refractivity contribution >= 4 is 15.9 Å². The fourth-order valence-electron chi connectivity index (χ4n) is 4.41. The van der Waals surface area contributed by atoms with Crippen LogP contribution in [0.4, 0.5) is 0 Å². The lowest BCUT2D eigenvalue weighted by Gasteiger charge is -2.58. The molecule has 0 saturated carbocycles. The summed E-state index contributed by atoms with van der Waals surface area (Å²) >= 11 is 0. The maximum atomic E-state index is 13.1. The molecule has 2 fully saturated rings. The summed E-state index contributed by atoms with van der Waals surface area (Å²) in [6, 6.07) is 15.3. The Bertz CT molecular complexity index is 1120. The third kappa shape index (κ3) is 3.99. The number of sulfonamides is 1. The van der Waals surface area contributed by atoms with Gasteiger partial charge in [0.15, 0.2) is 0 Å². The van der Waals surface area contributed by atoms with Crippen LogP contribution in [-0.2, 0) is 14.8 Å². The van der Waals surface area contributed by atoms with Crippen LogP contribution in [0.1, 0.15) is 30.9 Å². The van der Waals surface area contributed by atoms with Gasteiger partial charge in [0.25, 0.3) is 0 Å². The normalized spacial score (nSPS) is 23.7. The summed E-state index contributed by atoms with van der Waals surface area (Å²) in [5, 5.41) is 9.93. The molecule has 31 heavy (non-hydrogen) atoms. The number of carbonyl (C=O) groups excluding carboxylic acids is 1. The average molecular weight is 439 g/mol. The van der Waals surface area contributed by atoms with E-state index >= 15 is 0 Å². The van der Waals surface area contributed by atoms with Crippen molar-refractivity contribution in [1.29, 1.82) is 0 Å². The van der Waals surface area contributed by atoms with E-state index in [-0.39, 0.29) is 54.4 Å². The predicted molar refractivity (Wildman–Crippen MR) is 118 cm³/mol. The Hall–Kier alpha value is -2.66. The molecular formula is C24H26N2O4S. The fraction of sp³-hybridized carbons (Fsp3) is 0.375. The highest BCUT2D eigenvalue weighted by molar-refractivity contribution is 7.89. The molecule has 4 rings (SSSR count). The number of rotatable bonds is 4. The van der Waals surface area contributed by atoms with E-state index in [9.17, 15) is 18.3 Å². The van der Waals surface area contributed by atoms with E-state index in [0.717, 1.165) is 11.1 Å². The van der Waals surface area contributed by atoms with Crippen LogP contribution in [0.3, 0.4) is 0 Å². The van der Waals surface area contributed by atoms with Crippen LogP contribution >= 0.6 is 0 Å². The van der Waals surface area contributed by atoms with Crippen LogP contribution < -0.4 is 0 Å². The van der Waals surface area contributed by atoms with Gasteiger partial charge in [-0.1, -0.05) is 56.0 Å². The average Bonchev–Trinajstić information content (AvgIpc) is 2.75. The van der Waals surface area contributed by atoms with Crippen molar-refractivity contribution in [2.75, 3.05) is 19.7 Å². The van der Waals surface area contributed by atoms with Crippen LogP contribution in [0.5, 0.6) is 0 Å². The number of nitrogens with zero attached hydrogens (tertiary/aromatic N) is 2. The summed E-state index contributed by atoms with van der Waals surface area (Å²) in [5.41, 5.74) is 1.88. The molecule has 0 spiro atoms. The molecule has 2 aromatic rings. The molecule has 2 aliphatic heterocycles. The van der Waals surface area contributed by atoms with Crippen molar-refractivity contribution in [3.05, 3.63) is 65.7 Å². The summed E-state index contributed by atoms with van der Waals surface area (Å²) in [7, 11) is -3.76. The van der Waals surface area contributed by atoms with Gasteiger partial charge in [0, 0.05) is 23.9 Å². The van der Waals surface area contributed by atoms with Gasteiger partial charge in [-0.3, -0.25) is 4.79 Å². The molecule has 7 heteroatoms. The topological polar surface area (TPSA) is 77.9 Å². The van der Waals surface area contributed by atoms with E-state index in [1.165, 1.54) is 16.4 Å². The zero-order chi connectivity index (χ0) is 22.2. The molecule has 162 valence electrons. The number of carbonyl (C=O) groups is 1. The molecule has 0 radical (unpaired) electrons. The van der Waals surface area contributed by atoms with Gasteiger partial charge in [-0.2, -0.15) is 4.31 Å². The van der Waals surface area contributed by atoms with Crippen LogP contribution in [0.25, 0.3) is 0 Å². The first-order valence-corrected chi connectivity index (χ1v) is 11.9. The van der Waals surface area contributed by atoms with Gasteiger partial charge in [0.1, 0.15) is 0 Å². The second kappa shape index (κ2) is 8.46. The first-order valence-electron chi connectivity index (χ1n) is 10.4. The van der Waals surface area contributed by atoms with E-state index in [1.807, 2.05) is 38.1 Å². The molecule has 3 atom stereocenters. The summed E-state index contributed by atoms with van der Waals surface area (Å²) in [6.07, 6.45) is 0. The van der Waals surface area contributed by atoms with Gasteiger partial charge in [-0.15, -0.1) is 0 Å². The third-order valence-corrected chi connectivity index (χ3v) is 7.73. The molecule has 0 bridgehead atoms. The molecule has 0 aromatic heterocycles. The smallest absolute Gasteiger partial charge is 0.243 e. The van der Waals surface area contributed by atoms with Gasteiger partial charge in [0.2, 0.25) is 15.9 Å². The Morgan fingerprint density at radius 2 is 1.77 bits per heavy atom. The van der Waals surface area contributed by atoms with Crippen molar-refractivity contribution in [3.63, 3.8) is 0 Å². The van der Waals surface area contributed by atoms with Crippen LogP contribution in [-0.4, -0.2) is 60.4 Å². The minimum Gasteiger partial charge on any atom is -0.394 e. The zero-order valence-electron chi connectivity index (χ0n) is 17.6. The molecular weight excluding hydrogens is 412 g/mol. The number of hydrogen-bond donors (Lipinski definition) is 1. The number of benzene rings is 2. The molecule has 2 aliphatic rings. The van der Waals surface area contributed by atoms with Crippen molar-refractivity contribution in [2.24, 2.45) is 5.92 Å². The third-order valence-electron chi connectivity index (χ3n) is 5.90. The van der Waals surface area contributed by atoms with Gasteiger partial charge in [-0.05, 0) is 29.8 Å². The van der Waals surface area contributed by atoms with E-state index in [4.69, 9.17) is 0 Å². The van der Waals surface area contributed by atoms with Crippen molar-refractivity contribution < 1.29 is 18.3 Å². The second-order valence-corrected chi connectivity index (χ2v) is 10.2. The number of hydrogen-bond acceptors (Lipinski definition) is 4. The van der Waals surface area contributed by atoms with Gasteiger partial charge in [0.05, 0.1) is 30.1 Å². The lowest BCUT2D eigenvalue weighted by molar-refractivity contribution is -0.158. The number of piperazine rings is 1. The number of amides is 1. The molecule has 1 amide bonds. The molecule has 6 nitrogen and oxygen atoms in total. The SMILES string of the molecule is CC(C)C#Cc1ccc([C@H]2[C@@H](CO)N3C(=O)CN(S(=O)(=O)c4ccccc4)C[C@H]23)cc1. The maximum absolute atomic E-state index is 13.1. The highest BCUT2D eigenvalue weighted by Gasteiger charge is 2.55. The molecule has 2 saturated heterocycles. The predicted octanol–water partition coefficient (Wildman–Crippen LogP) is 2.05. The molecule has 2 heterocycles. The lowest BCUT2D eigenvalue weighted by Crippen LogP contribution is -2.73. The minimum atomic E-state index is -3.76. The fourth-order valence-corrected chi connectivity index (χ4v) is 5.84. The summed E-state index contributed by atoms with van der Waals surface area (Å²) < 4.78 is 27.4. The number of aliphatic hydroxyl groups is 1. The molecule has 0 unspecified atom stereocenters. The van der Waals surface area contributed by atoms with Gasteiger partial charge >= 0.3 is 0 Å². The van der Waals surface area contributed by atoms with Crippen molar-refractivity contribution in [1.82, 2.24) is 9.21 Å². The Morgan fingerprint density at radius 3 is 2.39 bits per heavy atom. The van der Waals surface area contributed by atoms with Crippen LogP contribution in [0.2, 0.25) is 0 Å². The first kappa shape index (κ1) is 21.6. The highest BCUT2D eigenvalue weighted by Crippen LogP contribution is 2.43. The Balaban J connectivity index is 1.60. The first-order chi connectivity index (χ1) is 14.8. The molecule has 1 N–H and O–H groups in total. The van der Waals surface area contributed by atoms with Gasteiger partial charge in [-0.25, -0.2) is 8.42 Å². The standard InChI is InChI=1S/C24H26N2O4S/c1-17(2)8-9-18-10-12-19(13-11-18)24-21-14-25(15-23(28)26(21)22(24)16-27)31(29,30)20-6-4-3-5-7-20/h3-7,10-13,17,21-22,24,27H,14-16H2,1-2H3/t21-,22-,24-/m1/s1. The Morgan fingerprint density at radius 1 is 1.10 bits per heavy atom. The van der Waals surface area contributed by atoms with Crippen LogP contribution in [0, 0.1) is 17.8 Å². The van der Waals surface area contributed by atoms with Crippen molar-refractivity contribution in [3.8, 4) is 11.8 Å². The summed E-state index contributed by atoms with van der Waals surface area (Å²) in [4.78, 5) is 14.6. The highest BCUT2D eigenvalue weighted by atomic mass is 32.2.